The summed E-state index contributed by atoms with van der Waals surface area (Å²) in [5, 5.41) is 72.9. The summed E-state index contributed by atoms with van der Waals surface area (Å²) in [5.74, 6) is 0. The fourth-order valence-corrected chi connectivity index (χ4v) is 3.67. The minimum Gasteiger partial charge on any atom is -0.394 e. The summed E-state index contributed by atoms with van der Waals surface area (Å²) in [6, 6.07) is 0. The van der Waals surface area contributed by atoms with Gasteiger partial charge in [-0.25, -0.2) is 13.6 Å². The molecule has 0 aromatic rings. The Balaban J connectivity index is 2.19. The zero-order chi connectivity index (χ0) is 19.8. The average molecular weight is 405 g/mol. The van der Waals surface area contributed by atoms with Crippen molar-refractivity contribution in [3.8, 4) is 0 Å². The Labute approximate surface area is 148 Å². The van der Waals surface area contributed by atoms with Crippen LogP contribution in [-0.2, 0) is 24.2 Å². The van der Waals surface area contributed by atoms with E-state index >= 15 is 0 Å². The van der Waals surface area contributed by atoms with E-state index in [0.29, 0.717) is 0 Å². The van der Waals surface area contributed by atoms with Gasteiger partial charge in [0.2, 0.25) is 15.5 Å². The topological polar surface area (TPSA) is 229 Å². The number of ether oxygens (including phenoxy) is 3. The molecule has 0 aromatic heterocycles. The summed E-state index contributed by atoms with van der Waals surface area (Å²) in [6.45, 7) is -1.58. The number of aliphatic hydroxyl groups excluding tert-OH is 7. The normalized spacial score (nSPS) is 47.7. The lowest BCUT2D eigenvalue weighted by Gasteiger charge is -2.45. The van der Waals surface area contributed by atoms with E-state index in [1.165, 1.54) is 0 Å². The van der Waals surface area contributed by atoms with Crippen molar-refractivity contribution in [1.82, 2.24) is 0 Å². The first-order chi connectivity index (χ1) is 12.0. The van der Waals surface area contributed by atoms with E-state index < -0.39 is 83.8 Å². The van der Waals surface area contributed by atoms with Crippen LogP contribution < -0.4 is 5.14 Å². The fourth-order valence-electron chi connectivity index (χ4n) is 2.83. The number of rotatable bonds is 5. The number of aliphatic hydroxyl groups is 7. The van der Waals surface area contributed by atoms with Gasteiger partial charge in [-0.15, -0.1) is 0 Å². The molecule has 0 radical (unpaired) electrons. The lowest BCUT2D eigenvalue weighted by Crippen LogP contribution is -2.65. The van der Waals surface area contributed by atoms with Crippen LogP contribution in [-0.4, -0.2) is 118 Å². The minimum atomic E-state index is -4.43. The Morgan fingerprint density at radius 1 is 0.808 bits per heavy atom. The highest BCUT2D eigenvalue weighted by molar-refractivity contribution is 7.89. The van der Waals surface area contributed by atoms with Crippen molar-refractivity contribution in [2.75, 3.05) is 13.2 Å². The molecule has 2 aliphatic rings. The quantitative estimate of drug-likeness (QED) is 0.214. The summed E-state index contributed by atoms with van der Waals surface area (Å²) in [6.07, 6.45) is -15.2. The van der Waals surface area contributed by atoms with Crippen LogP contribution >= 0.6 is 0 Å². The summed E-state index contributed by atoms with van der Waals surface area (Å²) < 4.78 is 38.2. The molecule has 2 saturated heterocycles. The number of hydrogen-bond acceptors (Lipinski definition) is 12. The van der Waals surface area contributed by atoms with Gasteiger partial charge in [-0.3, -0.25) is 0 Å². The molecule has 0 saturated carbocycles. The predicted octanol–water partition coefficient (Wildman–Crippen LogP) is -6.10. The molecule has 0 spiro atoms. The standard InChI is InChI=1S/C12H23NO12S/c13-26(21,22)12-9(20)7(18)10(4(2-15)24-12)25-11-8(19)6(17)5(16)3(1-14)23-11/h3-12,14-20H,1-2H2,(H2,13,21,22)/t3-,4-,5+,6+,7-,8-,9-,10-,11+,12+/m1/s1. The van der Waals surface area contributed by atoms with Crippen LogP contribution in [0, 0.1) is 0 Å². The zero-order valence-electron chi connectivity index (χ0n) is 13.3. The van der Waals surface area contributed by atoms with Crippen molar-refractivity contribution in [3.63, 3.8) is 0 Å². The van der Waals surface area contributed by atoms with Crippen LogP contribution in [0.4, 0.5) is 0 Å². The van der Waals surface area contributed by atoms with Gasteiger partial charge in [-0.05, 0) is 0 Å². The number of sulfonamides is 1. The number of nitrogens with two attached hydrogens (primary N) is 1. The maximum atomic E-state index is 11.4. The first-order valence-electron chi connectivity index (χ1n) is 7.63. The average Bonchev–Trinajstić information content (AvgIpc) is 2.58. The minimum absolute atomic E-state index is 0.728. The van der Waals surface area contributed by atoms with Crippen LogP contribution in [0.1, 0.15) is 0 Å². The van der Waals surface area contributed by atoms with Crippen LogP contribution in [0.3, 0.4) is 0 Å². The van der Waals surface area contributed by atoms with Gasteiger partial charge in [0, 0.05) is 0 Å². The smallest absolute Gasteiger partial charge is 0.239 e. The highest BCUT2D eigenvalue weighted by Gasteiger charge is 2.52. The van der Waals surface area contributed by atoms with Gasteiger partial charge >= 0.3 is 0 Å². The molecule has 0 unspecified atom stereocenters. The van der Waals surface area contributed by atoms with Crippen LogP contribution in [0.5, 0.6) is 0 Å². The Morgan fingerprint density at radius 2 is 1.38 bits per heavy atom. The Morgan fingerprint density at radius 3 is 1.88 bits per heavy atom. The summed E-state index contributed by atoms with van der Waals surface area (Å²) >= 11 is 0. The van der Waals surface area contributed by atoms with E-state index in [1.54, 1.807) is 0 Å². The molecular weight excluding hydrogens is 382 g/mol. The molecule has 2 fully saturated rings. The van der Waals surface area contributed by atoms with Crippen LogP contribution in [0.2, 0.25) is 0 Å². The predicted molar refractivity (Wildman–Crippen MR) is 79.5 cm³/mol. The van der Waals surface area contributed by atoms with Crippen molar-refractivity contribution in [2.45, 2.75) is 60.6 Å². The van der Waals surface area contributed by atoms with E-state index in [4.69, 9.17) is 24.5 Å². The third kappa shape index (κ3) is 4.16. The third-order valence-electron chi connectivity index (χ3n) is 4.28. The molecule has 9 N–H and O–H groups in total. The largest absolute Gasteiger partial charge is 0.394 e. The highest BCUT2D eigenvalue weighted by Crippen LogP contribution is 2.30. The zero-order valence-corrected chi connectivity index (χ0v) is 14.2. The molecule has 2 heterocycles. The molecule has 0 aromatic carbocycles. The molecule has 0 bridgehead atoms. The second-order valence-corrected chi connectivity index (χ2v) is 7.74. The maximum absolute atomic E-state index is 11.4. The van der Waals surface area contributed by atoms with Gasteiger partial charge in [0.25, 0.3) is 0 Å². The molecule has 0 amide bonds. The Hall–Kier alpha value is -0.490. The van der Waals surface area contributed by atoms with Crippen molar-refractivity contribution >= 4 is 10.0 Å². The van der Waals surface area contributed by atoms with Gasteiger partial charge in [0.1, 0.15) is 48.8 Å². The Bertz CT molecular complexity index is 571. The van der Waals surface area contributed by atoms with Gasteiger partial charge in [-0.2, -0.15) is 0 Å². The molecular formula is C12H23NO12S. The van der Waals surface area contributed by atoms with Gasteiger partial charge in [-0.1, -0.05) is 0 Å². The number of hydrogen-bond donors (Lipinski definition) is 8. The van der Waals surface area contributed by atoms with Gasteiger partial charge < -0.3 is 50.0 Å². The molecule has 10 atom stereocenters. The van der Waals surface area contributed by atoms with Gasteiger partial charge in [0.15, 0.2) is 6.29 Å². The van der Waals surface area contributed by atoms with Crippen molar-refractivity contribution in [1.29, 1.82) is 0 Å². The SMILES string of the molecule is NS(=O)(=O)[C@@H]1O[C@H](CO)[C@@H](O[C@@H]2O[C@H](CO)[C@H](O)[C@H](O)[C@H]2O)[C@H](O)[C@H]1O. The Kier molecular flexibility index (Phi) is 6.92. The van der Waals surface area contributed by atoms with Crippen molar-refractivity contribution < 1.29 is 58.4 Å². The molecule has 26 heavy (non-hydrogen) atoms. The van der Waals surface area contributed by atoms with E-state index in [2.05, 4.69) is 0 Å². The summed E-state index contributed by atoms with van der Waals surface area (Å²) in [5.41, 5.74) is -2.02. The van der Waals surface area contributed by atoms with Crippen LogP contribution in [0.25, 0.3) is 0 Å². The number of primary sulfonamides is 1. The van der Waals surface area contributed by atoms with E-state index in [-0.39, 0.29) is 0 Å². The van der Waals surface area contributed by atoms with Crippen LogP contribution in [0.15, 0.2) is 0 Å². The van der Waals surface area contributed by atoms with E-state index in [1.807, 2.05) is 0 Å². The van der Waals surface area contributed by atoms with E-state index in [9.17, 15) is 39.1 Å². The lowest BCUT2D eigenvalue weighted by atomic mass is 9.97. The molecule has 154 valence electrons. The first kappa shape index (κ1) is 21.8. The second kappa shape index (κ2) is 8.26. The monoisotopic (exact) mass is 405 g/mol. The molecule has 2 aliphatic heterocycles. The first-order valence-corrected chi connectivity index (χ1v) is 9.24. The fraction of sp³-hybridized carbons (Fsp3) is 1.00. The lowest BCUT2D eigenvalue weighted by molar-refractivity contribution is -0.338. The summed E-state index contributed by atoms with van der Waals surface area (Å²) in [4.78, 5) is 0. The maximum Gasteiger partial charge on any atom is 0.239 e. The van der Waals surface area contributed by atoms with Crippen molar-refractivity contribution in [3.05, 3.63) is 0 Å². The molecule has 13 nitrogen and oxygen atoms in total. The summed E-state index contributed by atoms with van der Waals surface area (Å²) in [7, 11) is -4.43. The molecule has 0 aliphatic carbocycles. The highest BCUT2D eigenvalue weighted by atomic mass is 32.2. The third-order valence-corrected chi connectivity index (χ3v) is 5.32. The van der Waals surface area contributed by atoms with Gasteiger partial charge in [0.05, 0.1) is 13.2 Å². The molecule has 14 heteroatoms. The van der Waals surface area contributed by atoms with E-state index in [0.717, 1.165) is 0 Å². The van der Waals surface area contributed by atoms with Crippen molar-refractivity contribution in [2.24, 2.45) is 5.14 Å². The second-order valence-electron chi connectivity index (χ2n) is 6.09. The molecule has 2 rings (SSSR count).